The van der Waals surface area contributed by atoms with Crippen molar-refractivity contribution in [2.45, 2.75) is 39.3 Å². The Morgan fingerprint density at radius 1 is 1.42 bits per heavy atom. The van der Waals surface area contributed by atoms with Gasteiger partial charge in [-0.15, -0.1) is 0 Å². The fourth-order valence-corrected chi connectivity index (χ4v) is 3.36. The van der Waals surface area contributed by atoms with E-state index < -0.39 is 0 Å². The van der Waals surface area contributed by atoms with Gasteiger partial charge in [0, 0.05) is 45.1 Å². The second-order valence-corrected chi connectivity index (χ2v) is 7.89. The van der Waals surface area contributed by atoms with Gasteiger partial charge in [-0.1, -0.05) is 0 Å². The molecule has 0 spiro atoms. The molecule has 1 amide bonds. The monoisotopic (exact) mass is 359 g/mol. The number of imidazole rings is 1. The molecule has 0 radical (unpaired) electrons. The second-order valence-electron chi connectivity index (χ2n) is 7.89. The molecule has 2 N–H and O–H groups in total. The van der Waals surface area contributed by atoms with Crippen molar-refractivity contribution in [3.63, 3.8) is 0 Å². The highest BCUT2D eigenvalue weighted by molar-refractivity contribution is 5.91. The number of hydrogen-bond acceptors (Lipinski definition) is 5. The molecule has 142 valence electrons. The van der Waals surface area contributed by atoms with Crippen molar-refractivity contribution in [2.24, 2.45) is 7.05 Å². The Bertz CT molecular complexity index is 771. The van der Waals surface area contributed by atoms with Crippen molar-refractivity contribution in [1.82, 2.24) is 29.5 Å². The normalized spacial score (nSPS) is 18.9. The van der Waals surface area contributed by atoms with E-state index in [1.807, 2.05) is 35.5 Å². The molecule has 1 unspecified atom stereocenters. The Balaban J connectivity index is 1.72. The first-order valence-electron chi connectivity index (χ1n) is 9.04. The van der Waals surface area contributed by atoms with Gasteiger partial charge in [0.25, 0.3) is 0 Å². The van der Waals surface area contributed by atoms with Gasteiger partial charge in [0.15, 0.2) is 0 Å². The van der Waals surface area contributed by atoms with Gasteiger partial charge in [-0.25, -0.2) is 9.67 Å². The van der Waals surface area contributed by atoms with Gasteiger partial charge in [0.1, 0.15) is 11.6 Å². The first-order chi connectivity index (χ1) is 12.3. The molecular formula is C18H29N7O. The Morgan fingerprint density at radius 3 is 2.85 bits per heavy atom. The number of aryl methyl sites for hydroxylation is 2. The Hall–Kier alpha value is -2.19. The number of amides is 1. The molecule has 1 saturated heterocycles. The van der Waals surface area contributed by atoms with Crippen molar-refractivity contribution in [3.05, 3.63) is 30.0 Å². The zero-order valence-electron chi connectivity index (χ0n) is 16.3. The maximum atomic E-state index is 12.7. The largest absolute Gasteiger partial charge is 0.337 e. The summed E-state index contributed by atoms with van der Waals surface area (Å²) in [5.41, 5.74) is 0.699. The maximum Gasteiger partial charge on any atom is 0.239 e. The zero-order valence-corrected chi connectivity index (χ0v) is 16.3. The van der Waals surface area contributed by atoms with Crippen LogP contribution in [-0.2, 0) is 17.4 Å². The highest BCUT2D eigenvalue weighted by atomic mass is 16.2. The molecule has 3 rings (SSSR count). The molecule has 2 aromatic rings. The predicted octanol–water partition coefficient (Wildman–Crippen LogP) is 1.27. The van der Waals surface area contributed by atoms with Gasteiger partial charge in [0.05, 0.1) is 23.8 Å². The molecule has 8 heteroatoms. The lowest BCUT2D eigenvalue weighted by Crippen LogP contribution is -2.49. The number of nitrogens with zero attached hydrogens (tertiary/aromatic N) is 5. The predicted molar refractivity (Wildman–Crippen MR) is 101 cm³/mol. The summed E-state index contributed by atoms with van der Waals surface area (Å²) in [6.45, 7) is 10.9. The maximum absolute atomic E-state index is 12.7. The first-order valence-corrected chi connectivity index (χ1v) is 9.04. The lowest BCUT2D eigenvalue weighted by atomic mass is 10.1. The third-order valence-corrected chi connectivity index (χ3v) is 4.59. The second kappa shape index (κ2) is 7.20. The summed E-state index contributed by atoms with van der Waals surface area (Å²) in [6, 6.07) is 2.00. The number of anilines is 1. The summed E-state index contributed by atoms with van der Waals surface area (Å²) in [5.74, 6) is 1.68. The minimum Gasteiger partial charge on any atom is -0.337 e. The summed E-state index contributed by atoms with van der Waals surface area (Å²) in [4.78, 5) is 19.4. The van der Waals surface area contributed by atoms with Gasteiger partial charge in [-0.3, -0.25) is 9.69 Å². The number of carbonyl (C=O) groups is 1. The van der Waals surface area contributed by atoms with Crippen molar-refractivity contribution in [2.75, 3.05) is 31.5 Å². The minimum atomic E-state index is -0.193. The van der Waals surface area contributed by atoms with E-state index in [9.17, 15) is 4.79 Å². The molecular weight excluding hydrogens is 330 g/mol. The van der Waals surface area contributed by atoms with Crippen LogP contribution in [-0.4, -0.2) is 56.3 Å². The number of nitrogens with one attached hydrogen (secondary N) is 2. The van der Waals surface area contributed by atoms with Crippen LogP contribution in [0.3, 0.4) is 0 Å². The molecule has 0 aliphatic carbocycles. The molecule has 8 nitrogen and oxygen atoms in total. The van der Waals surface area contributed by atoms with E-state index in [-0.39, 0.29) is 17.5 Å². The van der Waals surface area contributed by atoms with E-state index in [0.717, 1.165) is 37.0 Å². The third kappa shape index (κ3) is 3.96. The van der Waals surface area contributed by atoms with Crippen molar-refractivity contribution >= 4 is 11.7 Å². The molecule has 1 atom stereocenters. The van der Waals surface area contributed by atoms with Crippen LogP contribution in [0.25, 0.3) is 0 Å². The van der Waals surface area contributed by atoms with Crippen molar-refractivity contribution in [1.29, 1.82) is 0 Å². The number of hydrogen-bond donors (Lipinski definition) is 2. The van der Waals surface area contributed by atoms with Crippen LogP contribution in [0.5, 0.6) is 0 Å². The molecule has 0 bridgehead atoms. The average molecular weight is 359 g/mol. The van der Waals surface area contributed by atoms with Crippen LogP contribution in [0.4, 0.5) is 5.82 Å². The van der Waals surface area contributed by atoms with E-state index in [1.54, 1.807) is 6.20 Å². The zero-order chi connectivity index (χ0) is 18.9. The number of aromatic nitrogens is 4. The summed E-state index contributed by atoms with van der Waals surface area (Å²) >= 11 is 0. The van der Waals surface area contributed by atoms with Crippen LogP contribution in [0.1, 0.15) is 38.3 Å². The van der Waals surface area contributed by atoms with Crippen molar-refractivity contribution < 1.29 is 4.79 Å². The van der Waals surface area contributed by atoms with E-state index in [4.69, 9.17) is 0 Å². The lowest BCUT2D eigenvalue weighted by Gasteiger charge is -2.35. The van der Waals surface area contributed by atoms with Crippen LogP contribution in [0, 0.1) is 6.92 Å². The standard InChI is InChI=1S/C18H29N7O/c1-13-10-15(25(22-13)18(2,3)4)21-16(26)12-24-9-6-19-11-14(24)17-20-7-8-23(17)5/h7-8,10,14,19H,6,9,11-12H2,1-5H3,(H,21,26). The Kier molecular flexibility index (Phi) is 5.15. The summed E-state index contributed by atoms with van der Waals surface area (Å²) in [7, 11) is 1.99. The van der Waals surface area contributed by atoms with E-state index in [0.29, 0.717) is 6.54 Å². The highest BCUT2D eigenvalue weighted by Crippen LogP contribution is 2.23. The molecule has 2 aromatic heterocycles. The number of piperazine rings is 1. The molecule has 1 fully saturated rings. The van der Waals surface area contributed by atoms with Gasteiger partial charge < -0.3 is 15.2 Å². The Labute approximate surface area is 154 Å². The lowest BCUT2D eigenvalue weighted by molar-refractivity contribution is -0.118. The topological polar surface area (TPSA) is 80.0 Å². The molecule has 0 saturated carbocycles. The Morgan fingerprint density at radius 2 is 2.19 bits per heavy atom. The average Bonchev–Trinajstić information content (AvgIpc) is 3.13. The van der Waals surface area contributed by atoms with E-state index in [2.05, 4.69) is 46.4 Å². The molecule has 26 heavy (non-hydrogen) atoms. The van der Waals surface area contributed by atoms with Crippen molar-refractivity contribution in [3.8, 4) is 0 Å². The SMILES string of the molecule is Cc1cc(NC(=O)CN2CCNCC2c2nccn2C)n(C(C)(C)C)n1. The molecule has 3 heterocycles. The summed E-state index contributed by atoms with van der Waals surface area (Å²) in [6.07, 6.45) is 3.74. The summed E-state index contributed by atoms with van der Waals surface area (Å²) in [5, 5.41) is 10.9. The third-order valence-electron chi connectivity index (χ3n) is 4.59. The smallest absolute Gasteiger partial charge is 0.239 e. The number of carbonyl (C=O) groups excluding carboxylic acids is 1. The van der Waals surface area contributed by atoms with E-state index >= 15 is 0 Å². The molecule has 1 aliphatic heterocycles. The van der Waals surface area contributed by atoms with Crippen LogP contribution < -0.4 is 10.6 Å². The molecule has 0 aromatic carbocycles. The van der Waals surface area contributed by atoms with Gasteiger partial charge in [0.2, 0.25) is 5.91 Å². The van der Waals surface area contributed by atoms with Gasteiger partial charge >= 0.3 is 0 Å². The first kappa shape index (κ1) is 18.6. The highest BCUT2D eigenvalue weighted by Gasteiger charge is 2.29. The van der Waals surface area contributed by atoms with Gasteiger partial charge in [-0.05, 0) is 27.7 Å². The van der Waals surface area contributed by atoms with E-state index in [1.165, 1.54) is 0 Å². The quantitative estimate of drug-likeness (QED) is 0.859. The van der Waals surface area contributed by atoms with Crippen LogP contribution in [0.15, 0.2) is 18.5 Å². The summed E-state index contributed by atoms with van der Waals surface area (Å²) < 4.78 is 3.88. The minimum absolute atomic E-state index is 0.0310. The van der Waals surface area contributed by atoms with Gasteiger partial charge in [-0.2, -0.15) is 5.10 Å². The fraction of sp³-hybridized carbons (Fsp3) is 0.611. The van der Waals surface area contributed by atoms with Crippen LogP contribution >= 0.6 is 0 Å². The number of rotatable bonds is 4. The molecule has 1 aliphatic rings. The van der Waals surface area contributed by atoms with Crippen LogP contribution in [0.2, 0.25) is 0 Å². The fourth-order valence-electron chi connectivity index (χ4n) is 3.36.